The Kier molecular flexibility index (Phi) is 5.59. The fourth-order valence-corrected chi connectivity index (χ4v) is 1.64. The number of carbonyl (C=O) groups excluding carboxylic acids is 2. The second-order valence-corrected chi connectivity index (χ2v) is 4.17. The molecule has 20 heavy (non-hydrogen) atoms. The molecule has 1 aromatic carbocycles. The summed E-state index contributed by atoms with van der Waals surface area (Å²) in [6.07, 6.45) is -0.136. The number of carbonyl (C=O) groups is 2. The van der Waals surface area contributed by atoms with E-state index in [2.05, 4.69) is 5.32 Å². The van der Waals surface area contributed by atoms with E-state index in [1.165, 1.54) is 0 Å². The van der Waals surface area contributed by atoms with Crippen LogP contribution in [0, 0.1) is 23.0 Å². The smallest absolute Gasteiger partial charge is 0.240 e. The highest BCUT2D eigenvalue weighted by Crippen LogP contribution is 2.09. The van der Waals surface area contributed by atoms with E-state index in [-0.39, 0.29) is 24.8 Å². The minimum atomic E-state index is -0.972. The summed E-state index contributed by atoms with van der Waals surface area (Å²) in [6.45, 7) is 0. The first kappa shape index (κ1) is 15.6. The summed E-state index contributed by atoms with van der Waals surface area (Å²) in [5.74, 6) is -2.94. The molecule has 7 heteroatoms. The summed E-state index contributed by atoms with van der Waals surface area (Å²) < 4.78 is 25.9. The van der Waals surface area contributed by atoms with E-state index in [4.69, 9.17) is 11.0 Å². The van der Waals surface area contributed by atoms with Gasteiger partial charge in [0.05, 0.1) is 12.5 Å². The van der Waals surface area contributed by atoms with Gasteiger partial charge in [0.15, 0.2) is 0 Å². The number of nitriles is 1. The standard InChI is InChI=1S/C13H13F2N3O2/c14-9-4-8(5-10(15)7-9)6-12(19)18-11(13(17)20)2-1-3-16/h4-5,7,11H,1-2,6H2,(H2,17,20)(H,18,19)/t11-/m0/s1. The van der Waals surface area contributed by atoms with Gasteiger partial charge >= 0.3 is 0 Å². The van der Waals surface area contributed by atoms with Crippen LogP contribution >= 0.6 is 0 Å². The lowest BCUT2D eigenvalue weighted by molar-refractivity contribution is -0.127. The summed E-state index contributed by atoms with van der Waals surface area (Å²) in [5.41, 5.74) is 5.23. The molecular formula is C13H13F2N3O2. The normalized spacial score (nSPS) is 11.4. The van der Waals surface area contributed by atoms with Gasteiger partial charge in [-0.15, -0.1) is 0 Å². The Hall–Kier alpha value is -2.49. The number of hydrogen-bond acceptors (Lipinski definition) is 3. The molecule has 0 fully saturated rings. The van der Waals surface area contributed by atoms with E-state index in [9.17, 15) is 18.4 Å². The lowest BCUT2D eigenvalue weighted by Gasteiger charge is -2.14. The molecule has 106 valence electrons. The zero-order valence-electron chi connectivity index (χ0n) is 10.5. The summed E-state index contributed by atoms with van der Waals surface area (Å²) in [5, 5.41) is 10.8. The molecule has 0 unspecified atom stereocenters. The van der Waals surface area contributed by atoms with Gasteiger partial charge in [-0.3, -0.25) is 9.59 Å². The average Bonchev–Trinajstić information content (AvgIpc) is 2.32. The van der Waals surface area contributed by atoms with Gasteiger partial charge in [-0.05, 0) is 24.1 Å². The number of amides is 2. The van der Waals surface area contributed by atoms with Gasteiger partial charge in [-0.2, -0.15) is 5.26 Å². The number of halogens is 2. The maximum Gasteiger partial charge on any atom is 0.240 e. The summed E-state index contributed by atoms with van der Waals surface area (Å²) in [6, 6.07) is 3.61. The summed E-state index contributed by atoms with van der Waals surface area (Å²) in [4.78, 5) is 22.7. The van der Waals surface area contributed by atoms with Crippen LogP contribution in [0.5, 0.6) is 0 Å². The SMILES string of the molecule is N#CCC[C@H](NC(=O)Cc1cc(F)cc(F)c1)C(N)=O. The topological polar surface area (TPSA) is 96.0 Å². The highest BCUT2D eigenvalue weighted by atomic mass is 19.1. The fourth-order valence-electron chi connectivity index (χ4n) is 1.64. The first-order valence-corrected chi connectivity index (χ1v) is 5.83. The number of benzene rings is 1. The molecule has 0 aliphatic carbocycles. The van der Waals surface area contributed by atoms with Crippen LogP contribution < -0.4 is 11.1 Å². The quantitative estimate of drug-likeness (QED) is 0.806. The van der Waals surface area contributed by atoms with E-state index in [0.29, 0.717) is 6.07 Å². The highest BCUT2D eigenvalue weighted by Gasteiger charge is 2.18. The minimum Gasteiger partial charge on any atom is -0.368 e. The van der Waals surface area contributed by atoms with Crippen molar-refractivity contribution in [2.24, 2.45) is 5.73 Å². The van der Waals surface area contributed by atoms with Gasteiger partial charge in [-0.25, -0.2) is 8.78 Å². The first-order chi connectivity index (χ1) is 9.42. The Morgan fingerprint density at radius 3 is 2.40 bits per heavy atom. The third kappa shape index (κ3) is 5.02. The third-order valence-electron chi connectivity index (χ3n) is 2.51. The Labute approximate surface area is 114 Å². The molecular weight excluding hydrogens is 268 g/mol. The van der Waals surface area contributed by atoms with Crippen LogP contribution in [-0.4, -0.2) is 17.9 Å². The molecule has 0 aliphatic heterocycles. The predicted octanol–water partition coefficient (Wildman–Crippen LogP) is 0.781. The van der Waals surface area contributed by atoms with E-state index in [0.717, 1.165) is 12.1 Å². The Balaban J connectivity index is 2.65. The van der Waals surface area contributed by atoms with Crippen LogP contribution in [-0.2, 0) is 16.0 Å². The molecule has 5 nitrogen and oxygen atoms in total. The van der Waals surface area contributed by atoms with Crippen LogP contribution in [0.2, 0.25) is 0 Å². The van der Waals surface area contributed by atoms with Crippen molar-refractivity contribution in [3.63, 3.8) is 0 Å². The van der Waals surface area contributed by atoms with E-state index >= 15 is 0 Å². The van der Waals surface area contributed by atoms with Crippen molar-refractivity contribution < 1.29 is 18.4 Å². The second kappa shape index (κ2) is 7.19. The molecule has 1 rings (SSSR count). The van der Waals surface area contributed by atoms with Crippen molar-refractivity contribution in [1.82, 2.24) is 5.32 Å². The minimum absolute atomic E-state index is 0.0580. The monoisotopic (exact) mass is 281 g/mol. The van der Waals surface area contributed by atoms with Gasteiger partial charge < -0.3 is 11.1 Å². The predicted molar refractivity (Wildman–Crippen MR) is 66.0 cm³/mol. The Morgan fingerprint density at radius 1 is 1.30 bits per heavy atom. The van der Waals surface area contributed by atoms with Crippen LogP contribution in [0.15, 0.2) is 18.2 Å². The third-order valence-corrected chi connectivity index (χ3v) is 2.51. The molecule has 1 atom stereocenters. The zero-order chi connectivity index (χ0) is 15.1. The van der Waals surface area contributed by atoms with Crippen LogP contribution in [0.3, 0.4) is 0 Å². The summed E-state index contributed by atoms with van der Waals surface area (Å²) >= 11 is 0. The molecule has 0 saturated carbocycles. The lowest BCUT2D eigenvalue weighted by Crippen LogP contribution is -2.44. The van der Waals surface area contributed by atoms with Crippen molar-refractivity contribution in [2.75, 3.05) is 0 Å². The lowest BCUT2D eigenvalue weighted by atomic mass is 10.1. The Bertz CT molecular complexity index is 535. The molecule has 0 aromatic heterocycles. The highest BCUT2D eigenvalue weighted by molar-refractivity contribution is 5.87. The average molecular weight is 281 g/mol. The van der Waals surface area contributed by atoms with E-state index in [1.54, 1.807) is 0 Å². The molecule has 2 amide bonds. The largest absolute Gasteiger partial charge is 0.368 e. The summed E-state index contributed by atoms with van der Waals surface area (Å²) in [7, 11) is 0. The molecule has 0 spiro atoms. The van der Waals surface area contributed by atoms with Gasteiger partial charge in [0.2, 0.25) is 11.8 Å². The molecule has 0 aliphatic rings. The molecule has 3 N–H and O–H groups in total. The zero-order valence-corrected chi connectivity index (χ0v) is 10.5. The van der Waals surface area contributed by atoms with Gasteiger partial charge in [-0.1, -0.05) is 0 Å². The van der Waals surface area contributed by atoms with E-state index in [1.807, 2.05) is 6.07 Å². The number of rotatable bonds is 6. The molecule has 0 radical (unpaired) electrons. The van der Waals surface area contributed by atoms with Crippen LogP contribution in [0.4, 0.5) is 8.78 Å². The number of nitrogens with zero attached hydrogens (tertiary/aromatic N) is 1. The number of primary amides is 1. The maximum absolute atomic E-state index is 13.0. The van der Waals surface area contributed by atoms with Crippen molar-refractivity contribution in [1.29, 1.82) is 5.26 Å². The number of nitrogens with one attached hydrogen (secondary N) is 1. The molecule has 0 bridgehead atoms. The fraction of sp³-hybridized carbons (Fsp3) is 0.308. The number of hydrogen-bond donors (Lipinski definition) is 2. The molecule has 0 saturated heterocycles. The molecule has 0 heterocycles. The Morgan fingerprint density at radius 2 is 1.90 bits per heavy atom. The van der Waals surface area contributed by atoms with Crippen molar-refractivity contribution in [3.05, 3.63) is 35.4 Å². The molecule has 1 aromatic rings. The van der Waals surface area contributed by atoms with Crippen molar-refractivity contribution in [3.8, 4) is 6.07 Å². The van der Waals surface area contributed by atoms with Crippen LogP contribution in [0.25, 0.3) is 0 Å². The first-order valence-electron chi connectivity index (χ1n) is 5.83. The van der Waals surface area contributed by atoms with Crippen molar-refractivity contribution >= 4 is 11.8 Å². The van der Waals surface area contributed by atoms with Crippen molar-refractivity contribution in [2.45, 2.75) is 25.3 Å². The second-order valence-electron chi connectivity index (χ2n) is 4.17. The van der Waals surface area contributed by atoms with Gasteiger partial charge in [0.1, 0.15) is 17.7 Å². The van der Waals surface area contributed by atoms with Gasteiger partial charge in [0.25, 0.3) is 0 Å². The van der Waals surface area contributed by atoms with E-state index < -0.39 is 29.5 Å². The van der Waals surface area contributed by atoms with Gasteiger partial charge in [0, 0.05) is 12.5 Å². The van der Waals surface area contributed by atoms with Crippen LogP contribution in [0.1, 0.15) is 18.4 Å². The number of nitrogens with two attached hydrogens (primary N) is 1. The maximum atomic E-state index is 13.0.